The molecule has 0 fully saturated rings. The van der Waals surface area contributed by atoms with Crippen molar-refractivity contribution < 1.29 is 0 Å². The second-order valence-electron chi connectivity index (χ2n) is 3.43. The summed E-state index contributed by atoms with van der Waals surface area (Å²) in [6, 6.07) is 13.2. The van der Waals surface area contributed by atoms with E-state index in [0.717, 1.165) is 0 Å². The minimum atomic E-state index is 0. The van der Waals surface area contributed by atoms with Gasteiger partial charge in [-0.05, 0) is 34.7 Å². The van der Waals surface area contributed by atoms with Crippen molar-refractivity contribution in [3.8, 4) is 0 Å². The van der Waals surface area contributed by atoms with Crippen LogP contribution in [0.2, 0.25) is 0 Å². The summed E-state index contributed by atoms with van der Waals surface area (Å²) < 4.78 is 0. The number of hydrogen-bond donors (Lipinski definition) is 0. The SMILES string of the molecule is [Na].c1cc2c3c(cccc3c1)CC2. The van der Waals surface area contributed by atoms with E-state index in [1.165, 1.54) is 34.7 Å². The third-order valence-electron chi connectivity index (χ3n) is 2.74. The van der Waals surface area contributed by atoms with Crippen LogP contribution in [-0.2, 0) is 12.8 Å². The van der Waals surface area contributed by atoms with Crippen LogP contribution in [0, 0.1) is 0 Å². The normalized spacial score (nSPS) is 12.9. The first-order valence-corrected chi connectivity index (χ1v) is 4.45. The molecule has 13 heavy (non-hydrogen) atoms. The molecular weight excluding hydrogens is 167 g/mol. The first-order chi connectivity index (χ1) is 5.95. The van der Waals surface area contributed by atoms with Crippen LogP contribution in [0.3, 0.4) is 0 Å². The van der Waals surface area contributed by atoms with E-state index < -0.39 is 0 Å². The summed E-state index contributed by atoms with van der Waals surface area (Å²) in [5, 5.41) is 2.92. The van der Waals surface area contributed by atoms with Gasteiger partial charge >= 0.3 is 0 Å². The molecule has 0 N–H and O–H groups in total. The maximum Gasteiger partial charge on any atom is 0 e. The Morgan fingerprint density at radius 1 is 0.769 bits per heavy atom. The molecule has 2 aromatic rings. The molecule has 0 unspecified atom stereocenters. The van der Waals surface area contributed by atoms with Gasteiger partial charge in [0.2, 0.25) is 0 Å². The number of aryl methyl sites for hydroxylation is 2. The molecule has 0 heterocycles. The van der Waals surface area contributed by atoms with Crippen LogP contribution in [0.4, 0.5) is 0 Å². The molecule has 0 saturated heterocycles. The summed E-state index contributed by atoms with van der Waals surface area (Å²) in [5.74, 6) is 0. The molecule has 1 aliphatic carbocycles. The summed E-state index contributed by atoms with van der Waals surface area (Å²) in [4.78, 5) is 0. The molecule has 0 amide bonds. The predicted octanol–water partition coefficient (Wildman–Crippen LogP) is 2.56. The summed E-state index contributed by atoms with van der Waals surface area (Å²) in [7, 11) is 0. The first kappa shape index (κ1) is 9.26. The third-order valence-corrected chi connectivity index (χ3v) is 2.74. The van der Waals surface area contributed by atoms with E-state index in [-0.39, 0.29) is 29.6 Å². The van der Waals surface area contributed by atoms with E-state index in [1.54, 1.807) is 0 Å². The minimum Gasteiger partial charge on any atom is -0.0614 e. The van der Waals surface area contributed by atoms with Crippen molar-refractivity contribution in [2.24, 2.45) is 0 Å². The Bertz CT molecular complexity index is 407. The Balaban J connectivity index is 0.000000653. The van der Waals surface area contributed by atoms with Gasteiger partial charge in [-0.1, -0.05) is 36.4 Å². The van der Waals surface area contributed by atoms with Crippen molar-refractivity contribution in [1.29, 1.82) is 0 Å². The van der Waals surface area contributed by atoms with Crippen LogP contribution >= 0.6 is 0 Å². The van der Waals surface area contributed by atoms with Gasteiger partial charge in [-0.3, -0.25) is 0 Å². The van der Waals surface area contributed by atoms with E-state index in [4.69, 9.17) is 0 Å². The molecular formula is C12H10Na. The zero-order valence-electron chi connectivity index (χ0n) is 7.88. The van der Waals surface area contributed by atoms with E-state index in [9.17, 15) is 0 Å². The van der Waals surface area contributed by atoms with Gasteiger partial charge in [-0.25, -0.2) is 0 Å². The molecule has 0 atom stereocenters. The quantitative estimate of drug-likeness (QED) is 0.542. The monoisotopic (exact) mass is 177 g/mol. The molecule has 1 aliphatic rings. The second-order valence-corrected chi connectivity index (χ2v) is 3.43. The molecule has 0 saturated carbocycles. The molecule has 2 aromatic carbocycles. The molecule has 0 aromatic heterocycles. The van der Waals surface area contributed by atoms with Crippen LogP contribution in [0.1, 0.15) is 11.1 Å². The molecule has 0 spiro atoms. The van der Waals surface area contributed by atoms with E-state index >= 15 is 0 Å². The number of rotatable bonds is 0. The van der Waals surface area contributed by atoms with Crippen molar-refractivity contribution in [2.45, 2.75) is 12.8 Å². The Hall–Kier alpha value is -0.300. The molecule has 59 valence electrons. The minimum absolute atomic E-state index is 0. The topological polar surface area (TPSA) is 0 Å². The molecule has 0 nitrogen and oxygen atoms in total. The van der Waals surface area contributed by atoms with Gasteiger partial charge in [0.15, 0.2) is 0 Å². The molecule has 1 heteroatoms. The van der Waals surface area contributed by atoms with Crippen molar-refractivity contribution in [3.63, 3.8) is 0 Å². The van der Waals surface area contributed by atoms with Gasteiger partial charge in [-0.2, -0.15) is 0 Å². The van der Waals surface area contributed by atoms with Crippen molar-refractivity contribution in [2.75, 3.05) is 0 Å². The van der Waals surface area contributed by atoms with Crippen LogP contribution < -0.4 is 0 Å². The van der Waals surface area contributed by atoms with Crippen molar-refractivity contribution in [3.05, 3.63) is 47.5 Å². The first-order valence-electron chi connectivity index (χ1n) is 4.45. The van der Waals surface area contributed by atoms with Gasteiger partial charge in [0.05, 0.1) is 0 Å². The fourth-order valence-electron chi connectivity index (χ4n) is 2.19. The fourth-order valence-corrected chi connectivity index (χ4v) is 2.19. The van der Waals surface area contributed by atoms with Crippen LogP contribution in [0.15, 0.2) is 36.4 Å². The molecule has 0 bridgehead atoms. The summed E-state index contributed by atoms with van der Waals surface area (Å²) in [5.41, 5.74) is 3.06. The predicted molar refractivity (Wildman–Crippen MR) is 57.1 cm³/mol. The van der Waals surface area contributed by atoms with Gasteiger partial charge in [-0.15, -0.1) is 0 Å². The Labute approximate surface area is 100 Å². The summed E-state index contributed by atoms with van der Waals surface area (Å²) in [6.07, 6.45) is 2.47. The van der Waals surface area contributed by atoms with Crippen molar-refractivity contribution >= 4 is 40.3 Å². The second kappa shape index (κ2) is 3.45. The summed E-state index contributed by atoms with van der Waals surface area (Å²) >= 11 is 0. The maximum absolute atomic E-state index is 2.25. The average Bonchev–Trinajstić information content (AvgIpc) is 2.52. The number of hydrogen-bond acceptors (Lipinski definition) is 0. The standard InChI is InChI=1S/C12H10.Na/c1-3-9-4-2-6-11-8-7-10(5-1)12(9)11;/h1-6H,7-8H2;. The molecule has 1 radical (unpaired) electrons. The van der Waals surface area contributed by atoms with Crippen LogP contribution in [0.25, 0.3) is 10.8 Å². The molecule has 3 rings (SSSR count). The van der Waals surface area contributed by atoms with Gasteiger partial charge in [0.25, 0.3) is 0 Å². The van der Waals surface area contributed by atoms with Crippen molar-refractivity contribution in [1.82, 2.24) is 0 Å². The fraction of sp³-hybridized carbons (Fsp3) is 0.167. The summed E-state index contributed by atoms with van der Waals surface area (Å²) in [6.45, 7) is 0. The van der Waals surface area contributed by atoms with Gasteiger partial charge < -0.3 is 0 Å². The Morgan fingerprint density at radius 3 is 1.85 bits per heavy atom. The van der Waals surface area contributed by atoms with Gasteiger partial charge in [0.1, 0.15) is 0 Å². The Morgan fingerprint density at radius 2 is 1.31 bits per heavy atom. The van der Waals surface area contributed by atoms with E-state index in [0.29, 0.717) is 0 Å². The van der Waals surface area contributed by atoms with Gasteiger partial charge in [0, 0.05) is 29.6 Å². The average molecular weight is 177 g/mol. The maximum atomic E-state index is 2.25. The van der Waals surface area contributed by atoms with Crippen LogP contribution in [-0.4, -0.2) is 29.6 Å². The number of benzene rings is 2. The largest absolute Gasteiger partial charge is 0.0614 e. The van der Waals surface area contributed by atoms with Crippen LogP contribution in [0.5, 0.6) is 0 Å². The van der Waals surface area contributed by atoms with E-state index in [1.807, 2.05) is 0 Å². The Kier molecular flexibility index (Phi) is 2.46. The zero-order valence-corrected chi connectivity index (χ0v) is 9.88. The van der Waals surface area contributed by atoms with E-state index in [2.05, 4.69) is 36.4 Å². The zero-order chi connectivity index (χ0) is 7.97. The third kappa shape index (κ3) is 1.34. The smallest absolute Gasteiger partial charge is 0 e. The molecule has 0 aliphatic heterocycles.